The molecule has 0 amide bonds. The molecule has 0 nitrogen and oxygen atoms in total. The van der Waals surface area contributed by atoms with Crippen LogP contribution >= 0.6 is 0 Å². The summed E-state index contributed by atoms with van der Waals surface area (Å²) >= 11 is 0. The first-order valence-corrected chi connectivity index (χ1v) is 7.88. The van der Waals surface area contributed by atoms with E-state index >= 15 is 0 Å². The van der Waals surface area contributed by atoms with Gasteiger partial charge in [0.2, 0.25) is 0 Å². The lowest BCUT2D eigenvalue weighted by Crippen LogP contribution is -2.30. The van der Waals surface area contributed by atoms with Crippen molar-refractivity contribution in [1.82, 2.24) is 0 Å². The molecular weight excluding hydrogens is 192 g/mol. The van der Waals surface area contributed by atoms with Gasteiger partial charge in [-0.25, -0.2) is 0 Å². The SMILES string of the molecule is C1CC2CC1CCC2C1CC2CCC(C2)C1. The van der Waals surface area contributed by atoms with E-state index < -0.39 is 0 Å². The molecule has 0 aromatic carbocycles. The van der Waals surface area contributed by atoms with E-state index in [4.69, 9.17) is 0 Å². The first-order chi connectivity index (χ1) is 7.88. The molecule has 5 unspecified atom stereocenters. The average Bonchev–Trinajstić information content (AvgIpc) is 2.83. The van der Waals surface area contributed by atoms with Gasteiger partial charge in [0.05, 0.1) is 0 Å². The summed E-state index contributed by atoms with van der Waals surface area (Å²) in [5.74, 6) is 6.96. The van der Waals surface area contributed by atoms with Crippen LogP contribution in [0.4, 0.5) is 0 Å². The van der Waals surface area contributed by atoms with Gasteiger partial charge in [-0.15, -0.1) is 0 Å². The van der Waals surface area contributed by atoms with E-state index in [-0.39, 0.29) is 0 Å². The standard InChI is InChI=1S/C16H26/c1-2-13-7-12(1)9-15(10-13)16-6-4-11-3-5-14(16)8-11/h11-16H,1-10H2. The fourth-order valence-electron chi connectivity index (χ4n) is 5.96. The van der Waals surface area contributed by atoms with Crippen molar-refractivity contribution in [2.45, 2.75) is 64.2 Å². The summed E-state index contributed by atoms with van der Waals surface area (Å²) in [4.78, 5) is 0. The summed E-state index contributed by atoms with van der Waals surface area (Å²) in [6.07, 6.45) is 16.0. The maximum atomic E-state index is 1.63. The van der Waals surface area contributed by atoms with Crippen LogP contribution in [0.15, 0.2) is 0 Å². The predicted molar refractivity (Wildman–Crippen MR) is 67.1 cm³/mol. The van der Waals surface area contributed by atoms with Gasteiger partial charge in [0.25, 0.3) is 0 Å². The lowest BCUT2D eigenvalue weighted by molar-refractivity contribution is 0.109. The molecule has 0 aromatic heterocycles. The van der Waals surface area contributed by atoms with E-state index in [1.54, 1.807) is 64.2 Å². The zero-order valence-electron chi connectivity index (χ0n) is 10.5. The van der Waals surface area contributed by atoms with E-state index in [1.165, 1.54) is 11.8 Å². The summed E-state index contributed by atoms with van der Waals surface area (Å²) in [7, 11) is 0. The highest BCUT2D eigenvalue weighted by molar-refractivity contribution is 4.94. The minimum absolute atomic E-state index is 1.15. The first-order valence-electron chi connectivity index (χ1n) is 7.88. The molecule has 0 aliphatic heterocycles. The maximum absolute atomic E-state index is 1.63. The normalized spacial score (nSPS) is 55.5. The van der Waals surface area contributed by atoms with Crippen molar-refractivity contribution >= 4 is 0 Å². The van der Waals surface area contributed by atoms with Gasteiger partial charge in [-0.2, -0.15) is 0 Å². The molecule has 0 heterocycles. The van der Waals surface area contributed by atoms with Crippen LogP contribution in [0, 0.1) is 35.5 Å². The van der Waals surface area contributed by atoms with Crippen LogP contribution in [0.5, 0.6) is 0 Å². The van der Waals surface area contributed by atoms with Crippen molar-refractivity contribution in [2.75, 3.05) is 0 Å². The molecule has 4 fully saturated rings. The van der Waals surface area contributed by atoms with E-state index in [2.05, 4.69) is 0 Å². The maximum Gasteiger partial charge on any atom is -0.0357 e. The molecular formula is C16H26. The second kappa shape index (κ2) is 3.75. The number of rotatable bonds is 1. The summed E-state index contributed by atoms with van der Waals surface area (Å²) in [6, 6.07) is 0. The fourth-order valence-corrected chi connectivity index (χ4v) is 5.96. The van der Waals surface area contributed by atoms with Crippen LogP contribution in [0.25, 0.3) is 0 Å². The minimum atomic E-state index is 1.15. The van der Waals surface area contributed by atoms with Crippen LogP contribution in [0.1, 0.15) is 64.2 Å². The van der Waals surface area contributed by atoms with Crippen LogP contribution in [0.2, 0.25) is 0 Å². The average molecular weight is 218 g/mol. The Morgan fingerprint density at radius 3 is 1.88 bits per heavy atom. The van der Waals surface area contributed by atoms with Gasteiger partial charge < -0.3 is 0 Å². The lowest BCUT2D eigenvalue weighted by Gasteiger charge is -2.39. The Kier molecular flexibility index (Phi) is 2.34. The molecule has 0 aromatic rings. The Morgan fingerprint density at radius 1 is 0.438 bits per heavy atom. The highest BCUT2D eigenvalue weighted by Gasteiger charge is 2.43. The summed E-state index contributed by atoms with van der Waals surface area (Å²) in [6.45, 7) is 0. The summed E-state index contributed by atoms with van der Waals surface area (Å²) < 4.78 is 0. The lowest BCUT2D eigenvalue weighted by atomic mass is 9.66. The minimum Gasteiger partial charge on any atom is -0.0502 e. The van der Waals surface area contributed by atoms with Crippen LogP contribution < -0.4 is 0 Å². The predicted octanol–water partition coefficient (Wildman–Crippen LogP) is 4.64. The van der Waals surface area contributed by atoms with Crippen molar-refractivity contribution in [3.63, 3.8) is 0 Å². The quantitative estimate of drug-likeness (QED) is 0.601. The van der Waals surface area contributed by atoms with Crippen LogP contribution in [0.3, 0.4) is 0 Å². The van der Waals surface area contributed by atoms with Gasteiger partial charge in [-0.1, -0.05) is 25.7 Å². The molecule has 16 heavy (non-hydrogen) atoms. The molecule has 4 rings (SSSR count). The monoisotopic (exact) mass is 218 g/mol. The number of hydrogen-bond acceptors (Lipinski definition) is 0. The molecule has 4 aliphatic carbocycles. The second-order valence-electron chi connectivity index (χ2n) is 7.46. The summed E-state index contributed by atoms with van der Waals surface area (Å²) in [5.41, 5.74) is 0. The number of hydrogen-bond donors (Lipinski definition) is 0. The largest absolute Gasteiger partial charge is 0.0502 e. The number of fused-ring (bicyclic) bond motifs is 4. The fraction of sp³-hybridized carbons (Fsp3) is 1.00. The molecule has 4 aliphatic rings. The zero-order valence-corrected chi connectivity index (χ0v) is 10.5. The third kappa shape index (κ3) is 1.56. The Hall–Kier alpha value is 0. The van der Waals surface area contributed by atoms with Gasteiger partial charge >= 0.3 is 0 Å². The Balaban J connectivity index is 1.49. The van der Waals surface area contributed by atoms with E-state index in [0.29, 0.717) is 0 Å². The van der Waals surface area contributed by atoms with Crippen molar-refractivity contribution in [2.24, 2.45) is 35.5 Å². The zero-order chi connectivity index (χ0) is 10.5. The van der Waals surface area contributed by atoms with Crippen LogP contribution in [-0.4, -0.2) is 0 Å². The van der Waals surface area contributed by atoms with Gasteiger partial charge in [-0.05, 0) is 74.0 Å². The highest BCUT2D eigenvalue weighted by Crippen LogP contribution is 2.54. The third-order valence-electron chi connectivity index (χ3n) is 6.62. The van der Waals surface area contributed by atoms with Crippen molar-refractivity contribution in [1.29, 1.82) is 0 Å². The molecule has 0 saturated heterocycles. The topological polar surface area (TPSA) is 0 Å². The van der Waals surface area contributed by atoms with E-state index in [1.807, 2.05) is 0 Å². The molecule has 5 atom stereocenters. The van der Waals surface area contributed by atoms with Gasteiger partial charge in [-0.3, -0.25) is 0 Å². The third-order valence-corrected chi connectivity index (χ3v) is 6.62. The van der Waals surface area contributed by atoms with Crippen molar-refractivity contribution < 1.29 is 0 Å². The van der Waals surface area contributed by atoms with Crippen molar-refractivity contribution in [3.05, 3.63) is 0 Å². The van der Waals surface area contributed by atoms with Gasteiger partial charge in [0, 0.05) is 0 Å². The van der Waals surface area contributed by atoms with E-state index in [9.17, 15) is 0 Å². The Morgan fingerprint density at radius 2 is 1.06 bits per heavy atom. The molecule has 90 valence electrons. The molecule has 0 spiro atoms. The smallest absolute Gasteiger partial charge is 0.0357 e. The van der Waals surface area contributed by atoms with Crippen LogP contribution in [-0.2, 0) is 0 Å². The molecule has 4 saturated carbocycles. The van der Waals surface area contributed by atoms with E-state index in [0.717, 1.165) is 23.7 Å². The second-order valence-corrected chi connectivity index (χ2v) is 7.46. The summed E-state index contributed by atoms with van der Waals surface area (Å²) in [5, 5.41) is 0. The molecule has 0 radical (unpaired) electrons. The van der Waals surface area contributed by atoms with Gasteiger partial charge in [0.1, 0.15) is 0 Å². The van der Waals surface area contributed by atoms with Gasteiger partial charge in [0.15, 0.2) is 0 Å². The molecule has 0 heteroatoms. The first kappa shape index (κ1) is 9.97. The molecule has 0 N–H and O–H groups in total. The Bertz CT molecular complexity index is 257. The van der Waals surface area contributed by atoms with Crippen molar-refractivity contribution in [3.8, 4) is 0 Å². The Labute approximate surface area is 100 Å². The highest BCUT2D eigenvalue weighted by atomic mass is 14.5. The molecule has 4 bridgehead atoms.